The predicted molar refractivity (Wildman–Crippen MR) is 223 cm³/mol. The lowest BCUT2D eigenvalue weighted by atomic mass is 10.1. The lowest BCUT2D eigenvalue weighted by Gasteiger charge is -2.26. The lowest BCUT2D eigenvalue weighted by Crippen LogP contribution is -2.38. The molecule has 2 unspecified atom stereocenters. The number of piperidine rings is 2. The van der Waals surface area contributed by atoms with Crippen molar-refractivity contribution in [3.05, 3.63) is 107 Å². The van der Waals surface area contributed by atoms with Crippen LogP contribution in [0.25, 0.3) is 0 Å². The molecule has 6 aliphatic rings. The summed E-state index contributed by atoms with van der Waals surface area (Å²) >= 11 is 0. The van der Waals surface area contributed by atoms with Gasteiger partial charge in [0.05, 0.1) is 12.5 Å². The second-order valence-corrected chi connectivity index (χ2v) is 16.0. The first kappa shape index (κ1) is 43.3. The molecule has 0 spiro atoms. The van der Waals surface area contributed by atoms with Crippen molar-refractivity contribution in [3.8, 4) is 23.3 Å². The topological polar surface area (TPSA) is 156 Å². The normalized spacial score (nSPS) is 27.1. The Hall–Kier alpha value is -5.24. The summed E-state index contributed by atoms with van der Waals surface area (Å²) in [5.41, 5.74) is 4.64. The van der Waals surface area contributed by atoms with Gasteiger partial charge in [-0.05, 0) is 77.1 Å². The number of benzene rings is 2. The predicted octanol–water partition coefficient (Wildman–Crippen LogP) is 6.03. The molecule has 2 aromatic heterocycles. The summed E-state index contributed by atoms with van der Waals surface area (Å²) in [5.74, 6) is 3.56. The average Bonchev–Trinajstić information content (AvgIpc) is 3.97. The quantitative estimate of drug-likeness (QED) is 0.171. The molecule has 2 aliphatic carbocycles. The van der Waals surface area contributed by atoms with Gasteiger partial charge in [0.25, 0.3) is 11.8 Å². The summed E-state index contributed by atoms with van der Waals surface area (Å²) in [6.45, 7) is 8.22. The summed E-state index contributed by atoms with van der Waals surface area (Å²) in [7, 11) is 0. The fourth-order valence-corrected chi connectivity index (χ4v) is 8.96. The minimum Gasteiger partial charge on any atom is -0.484 e. The highest BCUT2D eigenvalue weighted by molar-refractivity contribution is 5.82. The SMILES string of the molecule is C.C.C.C[C@@H](CO)NC(=O)C1[C@H]2CN(Cc3ccc([C@H]4COc5cccnc5O4)cc3)C[C@@H]12.O=C(O)C1[C@H]2CN(Cc3ccc([C@H]4COc5cccnc5O4)cc3)C[C@@H]12. The maximum Gasteiger partial charge on any atom is 0.307 e. The molecule has 2 aromatic carbocycles. The molecular weight excluding hydrogens is 751 g/mol. The van der Waals surface area contributed by atoms with Crippen LogP contribution in [0.3, 0.4) is 0 Å². The zero-order valence-corrected chi connectivity index (χ0v) is 31.3. The van der Waals surface area contributed by atoms with Crippen LogP contribution in [0.5, 0.6) is 23.3 Å². The average molecular weight is 810 g/mol. The number of pyridine rings is 2. The van der Waals surface area contributed by atoms with Crippen molar-refractivity contribution in [1.82, 2.24) is 25.1 Å². The molecule has 4 aliphatic heterocycles. The van der Waals surface area contributed by atoms with Gasteiger partial charge in [0.15, 0.2) is 23.7 Å². The lowest BCUT2D eigenvalue weighted by molar-refractivity contribution is -0.139. The zero-order valence-electron chi connectivity index (χ0n) is 31.3. The number of nitrogens with zero attached hydrogens (tertiary/aromatic N) is 4. The van der Waals surface area contributed by atoms with Crippen molar-refractivity contribution in [2.24, 2.45) is 35.5 Å². The smallest absolute Gasteiger partial charge is 0.307 e. The maximum absolute atomic E-state index is 12.3. The van der Waals surface area contributed by atoms with Crippen molar-refractivity contribution in [3.63, 3.8) is 0 Å². The summed E-state index contributed by atoms with van der Waals surface area (Å²) in [4.78, 5) is 36.5. The van der Waals surface area contributed by atoms with Crippen LogP contribution < -0.4 is 24.3 Å². The van der Waals surface area contributed by atoms with Gasteiger partial charge in [0, 0.05) is 63.6 Å². The van der Waals surface area contributed by atoms with Gasteiger partial charge in [-0.25, -0.2) is 9.97 Å². The van der Waals surface area contributed by atoms with E-state index in [2.05, 4.69) is 73.6 Å². The number of aliphatic carboxylic acids is 1. The van der Waals surface area contributed by atoms with E-state index in [1.165, 1.54) is 11.1 Å². The molecule has 13 heteroatoms. The Balaban J connectivity index is 0.000000190. The Bertz CT molecular complexity index is 2030. The number of carboxylic acids is 1. The van der Waals surface area contributed by atoms with Gasteiger partial charge < -0.3 is 34.5 Å². The molecule has 2 saturated carbocycles. The van der Waals surface area contributed by atoms with Gasteiger partial charge in [-0.2, -0.15) is 0 Å². The number of rotatable bonds is 10. The second-order valence-electron chi connectivity index (χ2n) is 16.0. The number of carboxylic acid groups (broad SMARTS) is 1. The summed E-state index contributed by atoms with van der Waals surface area (Å²) in [5, 5.41) is 21.1. The molecule has 13 nitrogen and oxygen atoms in total. The number of carbonyl (C=O) groups is 2. The Morgan fingerprint density at radius 2 is 1.12 bits per heavy atom. The van der Waals surface area contributed by atoms with Crippen molar-refractivity contribution in [2.75, 3.05) is 46.0 Å². The van der Waals surface area contributed by atoms with Crippen LogP contribution in [0.1, 0.15) is 63.7 Å². The maximum atomic E-state index is 12.3. The van der Waals surface area contributed by atoms with E-state index in [1.54, 1.807) is 12.4 Å². The molecule has 1 amide bonds. The molecule has 4 fully saturated rings. The van der Waals surface area contributed by atoms with E-state index in [9.17, 15) is 9.59 Å². The fourth-order valence-electron chi connectivity index (χ4n) is 8.96. The number of amides is 1. The molecule has 3 N–H and O–H groups in total. The van der Waals surface area contributed by atoms with Gasteiger partial charge in [0.1, 0.15) is 13.2 Å². The van der Waals surface area contributed by atoms with Gasteiger partial charge in [-0.15, -0.1) is 0 Å². The van der Waals surface area contributed by atoms with Crippen LogP contribution in [0.15, 0.2) is 85.2 Å². The number of aromatic nitrogens is 2. The molecule has 6 heterocycles. The third-order valence-corrected chi connectivity index (χ3v) is 12.1. The number of carbonyl (C=O) groups excluding carboxylic acids is 1. The van der Waals surface area contributed by atoms with E-state index in [4.69, 9.17) is 29.2 Å². The molecular formula is C46H59N5O8. The van der Waals surface area contributed by atoms with E-state index in [1.807, 2.05) is 31.2 Å². The number of aliphatic hydroxyl groups excluding tert-OH is 1. The van der Waals surface area contributed by atoms with Crippen LogP contribution in [-0.2, 0) is 22.7 Å². The van der Waals surface area contributed by atoms with Crippen molar-refractivity contribution in [1.29, 1.82) is 0 Å². The summed E-state index contributed by atoms with van der Waals surface area (Å²) in [6.07, 6.45) is 3.10. The minimum atomic E-state index is -0.630. The Kier molecular flexibility index (Phi) is 13.5. The summed E-state index contributed by atoms with van der Waals surface area (Å²) < 4.78 is 23.4. The van der Waals surface area contributed by atoms with Gasteiger partial charge in [-0.3, -0.25) is 19.4 Å². The largest absolute Gasteiger partial charge is 0.484 e. The highest BCUT2D eigenvalue weighted by Gasteiger charge is 2.60. The number of hydrogen-bond acceptors (Lipinski definition) is 11. The number of hydrogen-bond donors (Lipinski definition) is 3. The highest BCUT2D eigenvalue weighted by atomic mass is 16.6. The van der Waals surface area contributed by atoms with E-state index in [-0.39, 0.29) is 64.9 Å². The standard InChI is InChI=1S/C23H27N3O4.C20H20N2O4.3CH4/c1-14(12-27)25-22(28)21-17-10-26(11-18(17)21)9-15-4-6-16(7-5-15)20-13-29-19-3-2-8-24-23(19)30-20;23-20(24)18-14-9-22(10-15(14)18)8-12-3-5-13(6-4-12)17-11-25-16-2-1-7-21-19(16)26-17;;;/h2-8,14,17-18,20-21,27H,9-13H2,1H3,(H,25,28);1-7,14-15,17-18H,8-11H2,(H,23,24);3*1H4/t14-,17-,18+,20+,21?;14-,15+,17-,18?;;;/m01.../s1. The molecule has 59 heavy (non-hydrogen) atoms. The first-order valence-electron chi connectivity index (χ1n) is 19.6. The first-order chi connectivity index (χ1) is 27.3. The van der Waals surface area contributed by atoms with Crippen LogP contribution in [0.2, 0.25) is 0 Å². The van der Waals surface area contributed by atoms with E-state index >= 15 is 0 Å². The minimum absolute atomic E-state index is 0. The van der Waals surface area contributed by atoms with Crippen molar-refractivity contribution < 1.29 is 38.7 Å². The van der Waals surface area contributed by atoms with Gasteiger partial charge >= 0.3 is 5.97 Å². The molecule has 2 saturated heterocycles. The second kappa shape index (κ2) is 18.4. The number of aliphatic hydroxyl groups is 1. The van der Waals surface area contributed by atoms with E-state index < -0.39 is 5.97 Å². The molecule has 10 rings (SSSR count). The Morgan fingerprint density at radius 1 is 0.695 bits per heavy atom. The first-order valence-corrected chi connectivity index (χ1v) is 19.6. The van der Waals surface area contributed by atoms with Crippen LogP contribution in [-0.4, -0.2) is 93.9 Å². The molecule has 9 atom stereocenters. The van der Waals surface area contributed by atoms with Crippen molar-refractivity contribution >= 4 is 11.9 Å². The number of nitrogens with one attached hydrogen (secondary N) is 1. The molecule has 0 bridgehead atoms. The number of likely N-dealkylation sites (tertiary alicyclic amines) is 2. The monoisotopic (exact) mass is 809 g/mol. The molecule has 0 radical (unpaired) electrons. The van der Waals surface area contributed by atoms with E-state index in [0.29, 0.717) is 60.1 Å². The molecule has 316 valence electrons. The third-order valence-electron chi connectivity index (χ3n) is 12.1. The van der Waals surface area contributed by atoms with Gasteiger partial charge in [-0.1, -0.05) is 70.8 Å². The Morgan fingerprint density at radius 3 is 1.53 bits per heavy atom. The summed E-state index contributed by atoms with van der Waals surface area (Å²) in [6, 6.07) is 24.1. The fraction of sp³-hybridized carbons (Fsp3) is 0.478. The van der Waals surface area contributed by atoms with Gasteiger partial charge in [0.2, 0.25) is 5.91 Å². The zero-order chi connectivity index (χ0) is 38.3. The number of fused-ring (bicyclic) bond motifs is 4. The molecule has 4 aromatic rings. The number of ether oxygens (including phenoxy) is 4. The van der Waals surface area contributed by atoms with E-state index in [0.717, 1.165) is 50.4 Å². The Labute approximate surface area is 347 Å². The highest BCUT2D eigenvalue weighted by Crippen LogP contribution is 2.53. The van der Waals surface area contributed by atoms with Crippen molar-refractivity contribution in [2.45, 2.75) is 60.5 Å². The van der Waals surface area contributed by atoms with Crippen LogP contribution in [0.4, 0.5) is 0 Å². The van der Waals surface area contributed by atoms with Crippen LogP contribution in [0, 0.1) is 35.5 Å². The van der Waals surface area contributed by atoms with Crippen LogP contribution >= 0.6 is 0 Å². The third kappa shape index (κ3) is 9.32.